The Labute approximate surface area is 321 Å². The minimum Gasteiger partial charge on any atom is -0.0654 e. The lowest BCUT2D eigenvalue weighted by Gasteiger charge is -2.28. The molecule has 0 aromatic rings. The highest BCUT2D eigenvalue weighted by Gasteiger charge is 2.34. The Kier molecular flexibility index (Phi) is 44.2. The van der Waals surface area contributed by atoms with E-state index >= 15 is 0 Å². The van der Waals surface area contributed by atoms with E-state index in [1.807, 2.05) is 0 Å². The highest BCUT2D eigenvalue weighted by atomic mass is 31.2. The maximum absolute atomic E-state index is 2.45. The van der Waals surface area contributed by atoms with E-state index in [9.17, 15) is 0 Å². The zero-order valence-corrected chi connectivity index (χ0v) is 37.2. The van der Waals surface area contributed by atoms with Crippen LogP contribution in [0.25, 0.3) is 0 Å². The molecule has 0 heterocycles. The molecule has 0 bridgehead atoms. The van der Waals surface area contributed by atoms with Crippen molar-refractivity contribution in [3.05, 3.63) is 0 Å². The standard InChI is InChI=1S/C49H102P/c1-5-9-13-16-19-22-25-28-31-34-37-40-43-47-50(46-12-8-4,48-44-41-38-35-32-29-26-23-20-17-14-10-6-2)49-45-42-39-36-33-30-27-24-21-18-15-11-7-3/h5-49H2,1-4H3/q+1. The Balaban J connectivity index is 4.43. The monoisotopic (exact) mass is 722 g/mol. The summed E-state index contributed by atoms with van der Waals surface area (Å²) in [5.74, 6) is 0. The van der Waals surface area contributed by atoms with Crippen molar-refractivity contribution in [1.29, 1.82) is 0 Å². The predicted molar refractivity (Wildman–Crippen MR) is 238 cm³/mol. The minimum atomic E-state index is -0.760. The summed E-state index contributed by atoms with van der Waals surface area (Å²) in [6, 6.07) is 0. The molecule has 0 atom stereocenters. The van der Waals surface area contributed by atoms with Crippen LogP contribution in [0.5, 0.6) is 0 Å². The molecule has 1 heteroatoms. The van der Waals surface area contributed by atoms with E-state index in [1.54, 1.807) is 43.9 Å². The number of hydrogen-bond acceptors (Lipinski definition) is 0. The van der Waals surface area contributed by atoms with Crippen LogP contribution in [0.1, 0.15) is 291 Å². The van der Waals surface area contributed by atoms with Gasteiger partial charge in [-0.2, -0.15) is 0 Å². The zero-order valence-electron chi connectivity index (χ0n) is 36.3. The van der Waals surface area contributed by atoms with Crippen molar-refractivity contribution in [1.82, 2.24) is 0 Å². The average Bonchev–Trinajstić information content (AvgIpc) is 3.13. The van der Waals surface area contributed by atoms with Crippen LogP contribution in [0.4, 0.5) is 0 Å². The molecule has 0 aromatic carbocycles. The fraction of sp³-hybridized carbons (Fsp3) is 1.00. The van der Waals surface area contributed by atoms with Crippen LogP contribution in [0, 0.1) is 0 Å². The SMILES string of the molecule is CCCCCCCCCCCCCCC[P+](CCCC)(CCCCCCCCCCCCCCC)CCCCCCCCCCCCCCC. The van der Waals surface area contributed by atoms with Crippen molar-refractivity contribution in [3.63, 3.8) is 0 Å². The van der Waals surface area contributed by atoms with Crippen molar-refractivity contribution >= 4 is 7.26 Å². The van der Waals surface area contributed by atoms with Gasteiger partial charge in [0, 0.05) is 7.26 Å². The maximum Gasteiger partial charge on any atom is 0.0594 e. The second-order valence-corrected chi connectivity index (χ2v) is 21.8. The van der Waals surface area contributed by atoms with Crippen LogP contribution in [0.15, 0.2) is 0 Å². The summed E-state index contributed by atoms with van der Waals surface area (Å²) >= 11 is 0. The molecular weight excluding hydrogens is 620 g/mol. The summed E-state index contributed by atoms with van der Waals surface area (Å²) in [6.07, 6.45) is 67.6. The lowest BCUT2D eigenvalue weighted by molar-refractivity contribution is 0.541. The predicted octanol–water partition coefficient (Wildman–Crippen LogP) is 19.1. The molecule has 0 aliphatic rings. The molecule has 0 spiro atoms. The van der Waals surface area contributed by atoms with Crippen molar-refractivity contribution in [3.8, 4) is 0 Å². The molecule has 0 aliphatic carbocycles. The maximum atomic E-state index is 2.45. The van der Waals surface area contributed by atoms with Crippen LogP contribution in [0.3, 0.4) is 0 Å². The van der Waals surface area contributed by atoms with Gasteiger partial charge < -0.3 is 0 Å². The molecule has 0 radical (unpaired) electrons. The van der Waals surface area contributed by atoms with E-state index in [2.05, 4.69) is 27.7 Å². The second-order valence-electron chi connectivity index (χ2n) is 17.3. The van der Waals surface area contributed by atoms with Gasteiger partial charge in [-0.05, 0) is 44.9 Å². The van der Waals surface area contributed by atoms with Gasteiger partial charge in [-0.15, -0.1) is 0 Å². The fourth-order valence-corrected chi connectivity index (χ4v) is 13.6. The van der Waals surface area contributed by atoms with Crippen LogP contribution in [-0.2, 0) is 0 Å². The van der Waals surface area contributed by atoms with Gasteiger partial charge in [0.2, 0.25) is 0 Å². The first-order valence-corrected chi connectivity index (χ1v) is 27.1. The Morgan fingerprint density at radius 2 is 0.300 bits per heavy atom. The molecule has 0 saturated heterocycles. The van der Waals surface area contributed by atoms with E-state index in [0.717, 1.165) is 0 Å². The first kappa shape index (κ1) is 50.4. The Bertz CT molecular complexity index is 510. The highest BCUT2D eigenvalue weighted by Crippen LogP contribution is 2.61. The van der Waals surface area contributed by atoms with Crippen LogP contribution in [-0.4, -0.2) is 24.6 Å². The summed E-state index contributed by atoms with van der Waals surface area (Å²) in [7, 11) is -0.760. The highest BCUT2D eigenvalue weighted by molar-refractivity contribution is 7.75. The second kappa shape index (κ2) is 43.8. The molecule has 302 valence electrons. The zero-order chi connectivity index (χ0) is 36.3. The summed E-state index contributed by atoms with van der Waals surface area (Å²) in [4.78, 5) is 0. The van der Waals surface area contributed by atoms with Gasteiger partial charge in [-0.25, -0.2) is 0 Å². The van der Waals surface area contributed by atoms with Crippen molar-refractivity contribution in [2.24, 2.45) is 0 Å². The Morgan fingerprint density at radius 1 is 0.160 bits per heavy atom. The molecule has 0 unspecified atom stereocenters. The normalized spacial score (nSPS) is 12.0. The van der Waals surface area contributed by atoms with Gasteiger partial charge >= 0.3 is 0 Å². The van der Waals surface area contributed by atoms with Crippen LogP contribution < -0.4 is 0 Å². The van der Waals surface area contributed by atoms with E-state index in [0.29, 0.717) is 0 Å². The van der Waals surface area contributed by atoms with Gasteiger partial charge in [0.15, 0.2) is 0 Å². The largest absolute Gasteiger partial charge is 0.0654 e. The molecular formula is C49H102P+. The molecule has 0 aliphatic heterocycles. The third kappa shape index (κ3) is 38.2. The van der Waals surface area contributed by atoms with E-state index in [1.165, 1.54) is 244 Å². The molecule has 0 amide bonds. The molecule has 0 nitrogen and oxygen atoms in total. The van der Waals surface area contributed by atoms with E-state index in [4.69, 9.17) is 0 Å². The topological polar surface area (TPSA) is 0 Å². The number of rotatable bonds is 45. The molecule has 0 rings (SSSR count). The van der Waals surface area contributed by atoms with Crippen molar-refractivity contribution < 1.29 is 0 Å². The van der Waals surface area contributed by atoms with Crippen LogP contribution >= 0.6 is 7.26 Å². The van der Waals surface area contributed by atoms with Gasteiger partial charge in [-0.3, -0.25) is 0 Å². The first-order chi connectivity index (χ1) is 24.7. The molecule has 0 saturated carbocycles. The average molecular weight is 722 g/mol. The summed E-state index contributed by atoms with van der Waals surface area (Å²) in [5, 5.41) is 0. The van der Waals surface area contributed by atoms with E-state index in [-0.39, 0.29) is 0 Å². The number of hydrogen-bond donors (Lipinski definition) is 0. The van der Waals surface area contributed by atoms with Gasteiger partial charge in [0.25, 0.3) is 0 Å². The minimum absolute atomic E-state index is 0.760. The lowest BCUT2D eigenvalue weighted by Crippen LogP contribution is -2.13. The number of unbranched alkanes of at least 4 members (excludes halogenated alkanes) is 37. The smallest absolute Gasteiger partial charge is 0.0594 e. The van der Waals surface area contributed by atoms with Gasteiger partial charge in [-0.1, -0.05) is 246 Å². The summed E-state index contributed by atoms with van der Waals surface area (Å²) < 4.78 is 0. The van der Waals surface area contributed by atoms with Gasteiger partial charge in [0.05, 0.1) is 24.6 Å². The molecule has 0 aromatic heterocycles. The molecule has 0 N–H and O–H groups in total. The summed E-state index contributed by atoms with van der Waals surface area (Å²) in [5.41, 5.74) is 0. The van der Waals surface area contributed by atoms with Gasteiger partial charge in [0.1, 0.15) is 0 Å². The van der Waals surface area contributed by atoms with Crippen molar-refractivity contribution in [2.45, 2.75) is 291 Å². The van der Waals surface area contributed by atoms with Crippen LogP contribution in [0.2, 0.25) is 0 Å². The third-order valence-corrected chi connectivity index (χ3v) is 17.3. The molecule has 0 fully saturated rings. The quantitative estimate of drug-likeness (QED) is 0.0434. The Morgan fingerprint density at radius 3 is 0.480 bits per heavy atom. The lowest BCUT2D eigenvalue weighted by atomic mass is 10.0. The summed E-state index contributed by atoms with van der Waals surface area (Å²) in [6.45, 7) is 9.44. The van der Waals surface area contributed by atoms with E-state index < -0.39 is 7.26 Å². The first-order valence-electron chi connectivity index (χ1n) is 24.6. The third-order valence-electron chi connectivity index (χ3n) is 12.2. The van der Waals surface area contributed by atoms with Crippen molar-refractivity contribution in [2.75, 3.05) is 24.6 Å². The Hall–Kier alpha value is 0.430. The molecule has 50 heavy (non-hydrogen) atoms. The fourth-order valence-electron chi connectivity index (χ4n) is 8.56.